The molecule has 0 bridgehead atoms. The van der Waals surface area contributed by atoms with E-state index < -0.39 is 10.0 Å². The Hall–Kier alpha value is -1.70. The number of ether oxygens (including phenoxy) is 1. The largest absolute Gasteiger partial charge is 0.456 e. The first-order chi connectivity index (χ1) is 9.41. The standard InChI is InChI=1S/C13H14N2O3S2/c1-19-12-5-3-2-4-11(12)18-9-6-7-13(10(14)8-9)20(15,16)17/h2-8H,14H2,1H3,(H2,15,16,17). The average molecular weight is 310 g/mol. The van der Waals surface area contributed by atoms with Crippen LogP contribution in [0.5, 0.6) is 11.5 Å². The van der Waals surface area contributed by atoms with Gasteiger partial charge in [-0.3, -0.25) is 0 Å². The summed E-state index contributed by atoms with van der Waals surface area (Å²) < 4.78 is 28.3. The third kappa shape index (κ3) is 3.24. The summed E-state index contributed by atoms with van der Waals surface area (Å²) in [6, 6.07) is 11.8. The average Bonchev–Trinajstić information content (AvgIpc) is 2.38. The van der Waals surface area contributed by atoms with E-state index in [9.17, 15) is 8.42 Å². The summed E-state index contributed by atoms with van der Waals surface area (Å²) in [7, 11) is -3.82. The van der Waals surface area contributed by atoms with Gasteiger partial charge in [-0.05, 0) is 30.5 Å². The second-order valence-electron chi connectivity index (χ2n) is 4.00. The van der Waals surface area contributed by atoms with Crippen molar-refractivity contribution in [3.05, 3.63) is 42.5 Å². The fourth-order valence-corrected chi connectivity index (χ4v) is 2.85. The van der Waals surface area contributed by atoms with Gasteiger partial charge in [0.2, 0.25) is 10.0 Å². The topological polar surface area (TPSA) is 95.4 Å². The van der Waals surface area contributed by atoms with Crippen LogP contribution >= 0.6 is 11.8 Å². The number of primary sulfonamides is 1. The van der Waals surface area contributed by atoms with Gasteiger partial charge in [-0.15, -0.1) is 11.8 Å². The fourth-order valence-electron chi connectivity index (χ4n) is 1.68. The van der Waals surface area contributed by atoms with Crippen molar-refractivity contribution in [2.45, 2.75) is 9.79 Å². The van der Waals surface area contributed by atoms with Crippen LogP contribution < -0.4 is 15.6 Å². The van der Waals surface area contributed by atoms with E-state index in [2.05, 4.69) is 0 Å². The summed E-state index contributed by atoms with van der Waals surface area (Å²) >= 11 is 1.55. The van der Waals surface area contributed by atoms with Gasteiger partial charge in [0, 0.05) is 11.0 Å². The first kappa shape index (κ1) is 14.7. The quantitative estimate of drug-likeness (QED) is 0.668. The van der Waals surface area contributed by atoms with Gasteiger partial charge in [0.05, 0.1) is 5.69 Å². The third-order valence-electron chi connectivity index (χ3n) is 2.58. The van der Waals surface area contributed by atoms with Crippen molar-refractivity contribution in [1.29, 1.82) is 0 Å². The van der Waals surface area contributed by atoms with Gasteiger partial charge in [-0.1, -0.05) is 12.1 Å². The lowest BCUT2D eigenvalue weighted by atomic mass is 10.3. The van der Waals surface area contributed by atoms with Crippen molar-refractivity contribution in [1.82, 2.24) is 0 Å². The number of hydrogen-bond donors (Lipinski definition) is 2. The van der Waals surface area contributed by atoms with Gasteiger partial charge in [-0.25, -0.2) is 13.6 Å². The molecule has 106 valence electrons. The summed E-state index contributed by atoms with van der Waals surface area (Å²) in [5.41, 5.74) is 5.75. The van der Waals surface area contributed by atoms with Crippen molar-refractivity contribution in [2.75, 3.05) is 12.0 Å². The fraction of sp³-hybridized carbons (Fsp3) is 0.0769. The van der Waals surface area contributed by atoms with E-state index in [1.807, 2.05) is 30.5 Å². The highest BCUT2D eigenvalue weighted by atomic mass is 32.2. The first-order valence-electron chi connectivity index (χ1n) is 5.65. The van der Waals surface area contributed by atoms with Crippen LogP contribution in [0.1, 0.15) is 0 Å². The molecule has 0 aliphatic rings. The second kappa shape index (κ2) is 5.74. The number of thioether (sulfide) groups is 1. The van der Waals surface area contributed by atoms with Crippen molar-refractivity contribution in [3.8, 4) is 11.5 Å². The molecule has 0 atom stereocenters. The van der Waals surface area contributed by atoms with Gasteiger partial charge in [0.25, 0.3) is 0 Å². The number of para-hydroxylation sites is 1. The monoisotopic (exact) mass is 310 g/mol. The van der Waals surface area contributed by atoms with Crippen molar-refractivity contribution in [3.63, 3.8) is 0 Å². The molecule has 0 radical (unpaired) electrons. The lowest BCUT2D eigenvalue weighted by Crippen LogP contribution is -2.14. The SMILES string of the molecule is CSc1ccccc1Oc1ccc(S(N)(=O)=O)c(N)c1. The molecule has 7 heteroatoms. The van der Waals surface area contributed by atoms with Gasteiger partial charge < -0.3 is 10.5 Å². The van der Waals surface area contributed by atoms with Crippen LogP contribution in [0.25, 0.3) is 0 Å². The molecule has 5 nitrogen and oxygen atoms in total. The number of rotatable bonds is 4. The molecule has 0 unspecified atom stereocenters. The predicted molar refractivity (Wildman–Crippen MR) is 80.5 cm³/mol. The van der Waals surface area contributed by atoms with Crippen LogP contribution in [-0.4, -0.2) is 14.7 Å². The number of nitrogens with two attached hydrogens (primary N) is 2. The van der Waals surface area contributed by atoms with E-state index in [4.69, 9.17) is 15.6 Å². The number of benzene rings is 2. The zero-order valence-corrected chi connectivity index (χ0v) is 12.4. The van der Waals surface area contributed by atoms with E-state index in [0.717, 1.165) is 4.90 Å². The van der Waals surface area contributed by atoms with Crippen molar-refractivity contribution < 1.29 is 13.2 Å². The summed E-state index contributed by atoms with van der Waals surface area (Å²) in [6.45, 7) is 0. The van der Waals surface area contributed by atoms with Gasteiger partial charge in [-0.2, -0.15) is 0 Å². The van der Waals surface area contributed by atoms with Gasteiger partial charge >= 0.3 is 0 Å². The number of anilines is 1. The lowest BCUT2D eigenvalue weighted by molar-refractivity contribution is 0.471. The minimum atomic E-state index is -3.82. The molecule has 0 aliphatic carbocycles. The van der Waals surface area contributed by atoms with Crippen LogP contribution in [0, 0.1) is 0 Å². The smallest absolute Gasteiger partial charge is 0.240 e. The molecule has 0 aliphatic heterocycles. The molecule has 0 heterocycles. The van der Waals surface area contributed by atoms with Crippen molar-refractivity contribution >= 4 is 27.5 Å². The van der Waals surface area contributed by atoms with E-state index in [1.54, 1.807) is 11.8 Å². The Morgan fingerprint density at radius 3 is 2.45 bits per heavy atom. The maximum Gasteiger partial charge on any atom is 0.240 e. The highest BCUT2D eigenvalue weighted by Crippen LogP contribution is 2.32. The van der Waals surface area contributed by atoms with Crippen LogP contribution in [0.15, 0.2) is 52.3 Å². The lowest BCUT2D eigenvalue weighted by Gasteiger charge is -2.11. The zero-order valence-electron chi connectivity index (χ0n) is 10.7. The molecular weight excluding hydrogens is 296 g/mol. The summed E-state index contributed by atoms with van der Waals surface area (Å²) in [5.74, 6) is 1.14. The van der Waals surface area contributed by atoms with Crippen molar-refractivity contribution in [2.24, 2.45) is 5.14 Å². The molecule has 20 heavy (non-hydrogen) atoms. The molecule has 0 fully saturated rings. The second-order valence-corrected chi connectivity index (χ2v) is 6.38. The number of hydrogen-bond acceptors (Lipinski definition) is 5. The molecule has 0 spiro atoms. The molecule has 0 saturated carbocycles. The van der Waals surface area contributed by atoms with Gasteiger partial charge in [0.1, 0.15) is 16.4 Å². The minimum absolute atomic E-state index is 0.0617. The first-order valence-corrected chi connectivity index (χ1v) is 8.42. The third-order valence-corrected chi connectivity index (χ3v) is 4.35. The van der Waals surface area contributed by atoms with Crippen LogP contribution in [0.2, 0.25) is 0 Å². The van der Waals surface area contributed by atoms with Gasteiger partial charge in [0.15, 0.2) is 0 Å². The maximum absolute atomic E-state index is 11.3. The Kier molecular flexibility index (Phi) is 4.22. The Morgan fingerprint density at radius 2 is 1.85 bits per heavy atom. The molecule has 0 aromatic heterocycles. The molecule has 2 aromatic carbocycles. The van der Waals surface area contributed by atoms with E-state index >= 15 is 0 Å². The molecule has 2 rings (SSSR count). The summed E-state index contributed by atoms with van der Waals surface area (Å²) in [6.07, 6.45) is 1.95. The van der Waals surface area contributed by atoms with E-state index in [0.29, 0.717) is 11.5 Å². The highest BCUT2D eigenvalue weighted by Gasteiger charge is 2.13. The Morgan fingerprint density at radius 1 is 1.15 bits per heavy atom. The number of sulfonamides is 1. The maximum atomic E-state index is 11.3. The molecular formula is C13H14N2O3S2. The normalized spacial score (nSPS) is 11.3. The summed E-state index contributed by atoms with van der Waals surface area (Å²) in [4.78, 5) is 0.865. The Bertz CT molecular complexity index is 730. The Labute approximate surface area is 122 Å². The Balaban J connectivity index is 2.34. The van der Waals surface area contributed by atoms with Crippen LogP contribution in [0.4, 0.5) is 5.69 Å². The minimum Gasteiger partial charge on any atom is -0.456 e. The van der Waals surface area contributed by atoms with Crippen LogP contribution in [0.3, 0.4) is 0 Å². The zero-order chi connectivity index (χ0) is 14.8. The molecule has 4 N–H and O–H groups in total. The molecule has 0 saturated heterocycles. The highest BCUT2D eigenvalue weighted by molar-refractivity contribution is 7.98. The number of nitrogen functional groups attached to an aromatic ring is 1. The van der Waals surface area contributed by atoms with Crippen LogP contribution in [-0.2, 0) is 10.0 Å². The predicted octanol–water partition coefficient (Wildman–Crippen LogP) is 2.43. The summed E-state index contributed by atoms with van der Waals surface area (Å²) in [5, 5.41) is 5.05. The molecule has 0 amide bonds. The van der Waals surface area contributed by atoms with E-state index in [-0.39, 0.29) is 10.6 Å². The van der Waals surface area contributed by atoms with E-state index in [1.165, 1.54) is 18.2 Å². The molecule has 2 aromatic rings.